The third-order valence-electron chi connectivity index (χ3n) is 4.44. The molecule has 122 valence electrons. The summed E-state index contributed by atoms with van der Waals surface area (Å²) in [6.45, 7) is 5.97. The van der Waals surface area contributed by atoms with Crippen molar-refractivity contribution < 1.29 is 13.2 Å². The zero-order valence-corrected chi connectivity index (χ0v) is 14.3. The fourth-order valence-electron chi connectivity index (χ4n) is 2.78. The molecule has 1 atom stereocenters. The summed E-state index contributed by atoms with van der Waals surface area (Å²) in [5.41, 5.74) is -0.258. The summed E-state index contributed by atoms with van der Waals surface area (Å²) in [6, 6.07) is 8.03. The van der Waals surface area contributed by atoms with Crippen LogP contribution >= 0.6 is 0 Å². The van der Waals surface area contributed by atoms with Crippen LogP contribution in [0.4, 0.5) is 0 Å². The van der Waals surface area contributed by atoms with Gasteiger partial charge in [0, 0.05) is 5.92 Å². The monoisotopic (exact) mass is 323 g/mol. The second kappa shape index (κ2) is 6.41. The summed E-state index contributed by atoms with van der Waals surface area (Å²) < 4.78 is 26.9. The van der Waals surface area contributed by atoms with Gasteiger partial charge in [-0.25, -0.2) is 13.1 Å². The first-order valence-electron chi connectivity index (χ1n) is 7.82. The molecule has 1 aliphatic carbocycles. The largest absolute Gasteiger partial charge is 0.274 e. The average Bonchev–Trinajstić information content (AvgIpc) is 2.36. The zero-order chi connectivity index (χ0) is 16.4. The number of benzene rings is 1. The van der Waals surface area contributed by atoms with Crippen LogP contribution in [0.2, 0.25) is 0 Å². The van der Waals surface area contributed by atoms with Gasteiger partial charge in [0.2, 0.25) is 5.91 Å². The van der Waals surface area contributed by atoms with Gasteiger partial charge >= 0.3 is 0 Å². The van der Waals surface area contributed by atoms with Crippen molar-refractivity contribution in [2.75, 3.05) is 0 Å². The molecule has 1 aliphatic rings. The van der Waals surface area contributed by atoms with Gasteiger partial charge in [0.25, 0.3) is 10.0 Å². The molecule has 0 aliphatic heterocycles. The molecule has 4 nitrogen and oxygen atoms in total. The number of rotatable bonds is 5. The van der Waals surface area contributed by atoms with Crippen LogP contribution in [0.5, 0.6) is 0 Å². The Morgan fingerprint density at radius 3 is 2.27 bits per heavy atom. The van der Waals surface area contributed by atoms with E-state index >= 15 is 0 Å². The Kier molecular flexibility index (Phi) is 4.95. The first-order chi connectivity index (χ1) is 10.2. The lowest BCUT2D eigenvalue weighted by atomic mass is 9.70. The molecule has 1 N–H and O–H groups in total. The summed E-state index contributed by atoms with van der Waals surface area (Å²) in [7, 11) is -3.79. The lowest BCUT2D eigenvalue weighted by Gasteiger charge is -2.35. The number of hydrogen-bond donors (Lipinski definition) is 1. The van der Waals surface area contributed by atoms with Crippen LogP contribution in [0.1, 0.15) is 46.5 Å². The Labute approximate surface area is 133 Å². The highest BCUT2D eigenvalue weighted by molar-refractivity contribution is 7.90. The fraction of sp³-hybridized carbons (Fsp3) is 0.588. The molecule has 5 heteroatoms. The van der Waals surface area contributed by atoms with Gasteiger partial charge in [-0.1, -0.05) is 58.2 Å². The van der Waals surface area contributed by atoms with E-state index in [4.69, 9.17) is 0 Å². The predicted octanol–water partition coefficient (Wildman–Crippen LogP) is 3.34. The van der Waals surface area contributed by atoms with Crippen LogP contribution < -0.4 is 4.72 Å². The fourth-order valence-corrected chi connectivity index (χ4v) is 3.82. The third kappa shape index (κ3) is 4.09. The minimum absolute atomic E-state index is 0.125. The number of carbonyl (C=O) groups is 1. The van der Waals surface area contributed by atoms with Crippen LogP contribution in [0.25, 0.3) is 0 Å². The quantitative estimate of drug-likeness (QED) is 0.904. The molecule has 1 saturated carbocycles. The van der Waals surface area contributed by atoms with E-state index in [0.717, 1.165) is 19.3 Å². The smallest absolute Gasteiger partial charge is 0.264 e. The van der Waals surface area contributed by atoms with Gasteiger partial charge in [0.1, 0.15) is 0 Å². The van der Waals surface area contributed by atoms with Crippen molar-refractivity contribution in [2.45, 2.75) is 51.3 Å². The van der Waals surface area contributed by atoms with Crippen LogP contribution in [-0.2, 0) is 14.8 Å². The molecule has 2 rings (SSSR count). The van der Waals surface area contributed by atoms with Crippen molar-refractivity contribution in [3.63, 3.8) is 0 Å². The number of carbonyl (C=O) groups excluding carboxylic acids is 1. The number of amides is 1. The summed E-state index contributed by atoms with van der Waals surface area (Å²) in [5.74, 6) is -0.131. The first kappa shape index (κ1) is 17.0. The lowest BCUT2D eigenvalue weighted by Crippen LogP contribution is -2.42. The summed E-state index contributed by atoms with van der Waals surface area (Å²) in [5, 5.41) is 0. The minimum Gasteiger partial charge on any atom is -0.274 e. The Morgan fingerprint density at radius 2 is 1.82 bits per heavy atom. The van der Waals surface area contributed by atoms with Gasteiger partial charge in [-0.15, -0.1) is 0 Å². The molecule has 0 spiro atoms. The lowest BCUT2D eigenvalue weighted by molar-refractivity contribution is -0.127. The van der Waals surface area contributed by atoms with E-state index in [2.05, 4.69) is 4.72 Å². The van der Waals surface area contributed by atoms with Crippen LogP contribution in [0.15, 0.2) is 35.2 Å². The maximum atomic E-state index is 12.6. The number of nitrogens with one attached hydrogen (secondary N) is 1. The Balaban J connectivity index is 2.13. The molecule has 0 heterocycles. The van der Waals surface area contributed by atoms with E-state index in [1.807, 2.05) is 20.8 Å². The van der Waals surface area contributed by atoms with E-state index in [1.54, 1.807) is 18.2 Å². The van der Waals surface area contributed by atoms with Crippen LogP contribution in [0.3, 0.4) is 0 Å². The Morgan fingerprint density at radius 1 is 1.23 bits per heavy atom. The van der Waals surface area contributed by atoms with Crippen molar-refractivity contribution in [3.05, 3.63) is 30.3 Å². The molecule has 0 aromatic heterocycles. The molecule has 1 aromatic carbocycles. The second-order valence-electron chi connectivity index (χ2n) is 7.23. The SMILES string of the molecule is CC(C)(C)[C@@H](CC1CCC1)C(=O)NS(=O)(=O)c1ccccc1. The van der Waals surface area contributed by atoms with Crippen LogP contribution in [-0.4, -0.2) is 14.3 Å². The second-order valence-corrected chi connectivity index (χ2v) is 8.92. The first-order valence-corrected chi connectivity index (χ1v) is 9.30. The van der Waals surface area contributed by atoms with E-state index < -0.39 is 10.0 Å². The molecule has 22 heavy (non-hydrogen) atoms. The van der Waals surface area contributed by atoms with Gasteiger partial charge in [-0.2, -0.15) is 0 Å². The highest BCUT2D eigenvalue weighted by atomic mass is 32.2. The number of sulfonamides is 1. The standard InChI is InChI=1S/C17H25NO3S/c1-17(2,3)15(12-13-8-7-9-13)16(19)18-22(20,21)14-10-5-4-6-11-14/h4-6,10-11,13,15H,7-9,12H2,1-3H3,(H,18,19)/t15-/m0/s1. The van der Waals surface area contributed by atoms with Gasteiger partial charge in [-0.05, 0) is 29.9 Å². The van der Waals surface area contributed by atoms with Crippen molar-refractivity contribution in [1.82, 2.24) is 4.72 Å². The molecule has 1 fully saturated rings. The highest BCUT2D eigenvalue weighted by Crippen LogP contribution is 2.39. The van der Waals surface area contributed by atoms with E-state index in [1.165, 1.54) is 18.6 Å². The van der Waals surface area contributed by atoms with Crippen molar-refractivity contribution in [2.24, 2.45) is 17.3 Å². The third-order valence-corrected chi connectivity index (χ3v) is 5.81. The molecule has 1 amide bonds. The highest BCUT2D eigenvalue weighted by Gasteiger charge is 2.36. The summed E-state index contributed by atoms with van der Waals surface area (Å²) in [6.07, 6.45) is 4.27. The van der Waals surface area contributed by atoms with Gasteiger partial charge in [0.15, 0.2) is 0 Å². The topological polar surface area (TPSA) is 63.2 Å². The van der Waals surface area contributed by atoms with Gasteiger partial charge < -0.3 is 0 Å². The van der Waals surface area contributed by atoms with Crippen molar-refractivity contribution in [1.29, 1.82) is 0 Å². The predicted molar refractivity (Wildman–Crippen MR) is 86.7 cm³/mol. The molecular weight excluding hydrogens is 298 g/mol. The minimum atomic E-state index is -3.79. The van der Waals surface area contributed by atoms with Crippen molar-refractivity contribution >= 4 is 15.9 Å². The summed E-state index contributed by atoms with van der Waals surface area (Å²) >= 11 is 0. The molecule has 0 bridgehead atoms. The van der Waals surface area contributed by atoms with Gasteiger partial charge in [-0.3, -0.25) is 4.79 Å². The van der Waals surface area contributed by atoms with Gasteiger partial charge in [0.05, 0.1) is 4.90 Å². The Bertz CT molecular complexity index is 613. The summed E-state index contributed by atoms with van der Waals surface area (Å²) in [4.78, 5) is 12.7. The van der Waals surface area contributed by atoms with E-state index in [0.29, 0.717) is 5.92 Å². The normalized spacial score (nSPS) is 17.6. The maximum Gasteiger partial charge on any atom is 0.264 e. The Hall–Kier alpha value is -1.36. The van der Waals surface area contributed by atoms with Crippen molar-refractivity contribution in [3.8, 4) is 0 Å². The van der Waals surface area contributed by atoms with E-state index in [-0.39, 0.29) is 22.1 Å². The number of hydrogen-bond acceptors (Lipinski definition) is 3. The average molecular weight is 323 g/mol. The molecule has 0 unspecified atom stereocenters. The van der Waals surface area contributed by atoms with Crippen LogP contribution in [0, 0.1) is 17.3 Å². The maximum absolute atomic E-state index is 12.6. The molecule has 1 aromatic rings. The molecule has 0 saturated heterocycles. The zero-order valence-electron chi connectivity index (χ0n) is 13.5. The molecular formula is C17H25NO3S. The van der Waals surface area contributed by atoms with E-state index in [9.17, 15) is 13.2 Å². The molecule has 0 radical (unpaired) electrons.